The Kier molecular flexibility index (Phi) is 2.37. The van der Waals surface area contributed by atoms with E-state index in [-0.39, 0.29) is 6.61 Å². The number of fused-ring (bicyclic) bond motifs is 1. The van der Waals surface area contributed by atoms with Crippen molar-refractivity contribution in [2.75, 3.05) is 6.61 Å². The molecule has 72 valence electrons. The van der Waals surface area contributed by atoms with Crippen molar-refractivity contribution in [1.29, 1.82) is 0 Å². The topological polar surface area (TPSA) is 40.5 Å². The SMILES string of the molecule is OCCc1ccc(O)c2ccccc12. The van der Waals surface area contributed by atoms with Crippen molar-refractivity contribution >= 4 is 10.8 Å². The summed E-state index contributed by atoms with van der Waals surface area (Å²) >= 11 is 0. The van der Waals surface area contributed by atoms with Crippen molar-refractivity contribution in [1.82, 2.24) is 0 Å². The highest BCUT2D eigenvalue weighted by molar-refractivity contribution is 5.90. The molecule has 0 aliphatic carbocycles. The molecule has 0 aliphatic rings. The van der Waals surface area contributed by atoms with E-state index in [1.165, 1.54) is 0 Å². The second kappa shape index (κ2) is 3.68. The van der Waals surface area contributed by atoms with Crippen LogP contribution in [0.1, 0.15) is 5.56 Å². The van der Waals surface area contributed by atoms with Crippen molar-refractivity contribution in [3.63, 3.8) is 0 Å². The number of benzene rings is 2. The summed E-state index contributed by atoms with van der Waals surface area (Å²) in [6, 6.07) is 11.2. The molecule has 2 N–H and O–H groups in total. The van der Waals surface area contributed by atoms with E-state index >= 15 is 0 Å². The smallest absolute Gasteiger partial charge is 0.123 e. The van der Waals surface area contributed by atoms with Gasteiger partial charge in [-0.05, 0) is 23.4 Å². The van der Waals surface area contributed by atoms with Gasteiger partial charge in [-0.25, -0.2) is 0 Å². The molecule has 0 amide bonds. The van der Waals surface area contributed by atoms with Crippen LogP contribution in [0.3, 0.4) is 0 Å². The molecule has 0 radical (unpaired) electrons. The minimum atomic E-state index is 0.134. The van der Waals surface area contributed by atoms with Crippen LogP contribution in [-0.4, -0.2) is 16.8 Å². The molecule has 0 atom stereocenters. The minimum Gasteiger partial charge on any atom is -0.507 e. The van der Waals surface area contributed by atoms with Gasteiger partial charge in [0, 0.05) is 12.0 Å². The van der Waals surface area contributed by atoms with Gasteiger partial charge < -0.3 is 10.2 Å². The van der Waals surface area contributed by atoms with E-state index in [9.17, 15) is 5.11 Å². The van der Waals surface area contributed by atoms with Gasteiger partial charge in [0.1, 0.15) is 5.75 Å². The van der Waals surface area contributed by atoms with Gasteiger partial charge in [-0.15, -0.1) is 0 Å². The Hall–Kier alpha value is -1.54. The number of aromatic hydroxyl groups is 1. The first-order valence-corrected chi connectivity index (χ1v) is 4.63. The van der Waals surface area contributed by atoms with E-state index in [0.717, 1.165) is 16.3 Å². The van der Waals surface area contributed by atoms with E-state index in [1.54, 1.807) is 6.07 Å². The molecule has 0 fully saturated rings. The Labute approximate surface area is 82.4 Å². The summed E-state index contributed by atoms with van der Waals surface area (Å²) in [4.78, 5) is 0. The van der Waals surface area contributed by atoms with Gasteiger partial charge in [-0.3, -0.25) is 0 Å². The van der Waals surface area contributed by atoms with Crippen LogP contribution in [0.5, 0.6) is 5.75 Å². The fourth-order valence-corrected chi connectivity index (χ4v) is 1.68. The van der Waals surface area contributed by atoms with E-state index < -0.39 is 0 Å². The van der Waals surface area contributed by atoms with Crippen LogP contribution in [0.2, 0.25) is 0 Å². The van der Waals surface area contributed by atoms with E-state index in [2.05, 4.69) is 0 Å². The van der Waals surface area contributed by atoms with E-state index in [4.69, 9.17) is 5.11 Å². The highest BCUT2D eigenvalue weighted by Crippen LogP contribution is 2.27. The number of hydrogen-bond donors (Lipinski definition) is 2. The van der Waals surface area contributed by atoms with Gasteiger partial charge in [0.05, 0.1) is 0 Å². The summed E-state index contributed by atoms with van der Waals surface area (Å²) in [6.07, 6.45) is 0.626. The molecule has 0 aliphatic heterocycles. The third-order valence-electron chi connectivity index (χ3n) is 2.37. The molecule has 2 nitrogen and oxygen atoms in total. The standard InChI is InChI=1S/C12H12O2/c13-8-7-9-5-6-12(14)11-4-2-1-3-10(9)11/h1-6,13-14H,7-8H2. The first-order chi connectivity index (χ1) is 6.83. The molecule has 0 aromatic heterocycles. The number of rotatable bonds is 2. The van der Waals surface area contributed by atoms with Crippen molar-refractivity contribution in [3.05, 3.63) is 42.0 Å². The van der Waals surface area contributed by atoms with Crippen LogP contribution in [-0.2, 0) is 6.42 Å². The third kappa shape index (κ3) is 1.44. The van der Waals surface area contributed by atoms with Crippen molar-refractivity contribution in [3.8, 4) is 5.75 Å². The Morgan fingerprint density at radius 3 is 2.36 bits per heavy atom. The maximum atomic E-state index is 9.60. The summed E-state index contributed by atoms with van der Waals surface area (Å²) in [5, 5.41) is 20.3. The molecule has 2 aromatic carbocycles. The van der Waals surface area contributed by atoms with Crippen LogP contribution >= 0.6 is 0 Å². The number of aliphatic hydroxyl groups is 1. The first-order valence-electron chi connectivity index (χ1n) is 4.63. The number of phenolic OH excluding ortho intramolecular Hbond substituents is 1. The predicted molar refractivity (Wildman–Crippen MR) is 56.4 cm³/mol. The zero-order valence-electron chi connectivity index (χ0n) is 7.77. The highest BCUT2D eigenvalue weighted by Gasteiger charge is 2.03. The number of hydrogen-bond acceptors (Lipinski definition) is 2. The zero-order chi connectivity index (χ0) is 9.97. The van der Waals surface area contributed by atoms with Gasteiger partial charge in [0.15, 0.2) is 0 Å². The average Bonchev–Trinajstić information content (AvgIpc) is 2.23. The predicted octanol–water partition coefficient (Wildman–Crippen LogP) is 2.08. The van der Waals surface area contributed by atoms with Crippen LogP contribution in [0, 0.1) is 0 Å². The van der Waals surface area contributed by atoms with Gasteiger partial charge in [0.25, 0.3) is 0 Å². The molecule has 0 unspecified atom stereocenters. The Balaban J connectivity index is 2.68. The van der Waals surface area contributed by atoms with Gasteiger partial charge in [-0.2, -0.15) is 0 Å². The van der Waals surface area contributed by atoms with Gasteiger partial charge in [0.2, 0.25) is 0 Å². The lowest BCUT2D eigenvalue weighted by atomic mass is 10.0. The van der Waals surface area contributed by atoms with Crippen LogP contribution in [0.4, 0.5) is 0 Å². The summed E-state index contributed by atoms with van der Waals surface area (Å²) < 4.78 is 0. The molecule has 0 saturated carbocycles. The second-order valence-electron chi connectivity index (χ2n) is 3.26. The summed E-state index contributed by atoms with van der Waals surface area (Å²) in [6.45, 7) is 0.134. The van der Waals surface area contributed by atoms with Crippen molar-refractivity contribution in [2.24, 2.45) is 0 Å². The fourth-order valence-electron chi connectivity index (χ4n) is 1.68. The fraction of sp³-hybridized carbons (Fsp3) is 0.167. The Morgan fingerprint density at radius 1 is 0.929 bits per heavy atom. The molecule has 0 saturated heterocycles. The largest absolute Gasteiger partial charge is 0.507 e. The van der Waals surface area contributed by atoms with Crippen LogP contribution in [0.15, 0.2) is 36.4 Å². The number of aliphatic hydroxyl groups excluding tert-OH is 1. The van der Waals surface area contributed by atoms with Crippen LogP contribution < -0.4 is 0 Å². The normalized spacial score (nSPS) is 10.6. The summed E-state index contributed by atoms with van der Waals surface area (Å²) in [5.74, 6) is 0.294. The number of phenols is 1. The maximum absolute atomic E-state index is 9.60. The van der Waals surface area contributed by atoms with Gasteiger partial charge >= 0.3 is 0 Å². The quantitative estimate of drug-likeness (QED) is 0.757. The lowest BCUT2D eigenvalue weighted by Crippen LogP contribution is -1.91. The minimum absolute atomic E-state index is 0.134. The molecule has 2 aromatic rings. The molecule has 2 heteroatoms. The van der Waals surface area contributed by atoms with Crippen molar-refractivity contribution in [2.45, 2.75) is 6.42 Å². The van der Waals surface area contributed by atoms with Gasteiger partial charge in [-0.1, -0.05) is 30.3 Å². The second-order valence-corrected chi connectivity index (χ2v) is 3.26. The lowest BCUT2D eigenvalue weighted by Gasteiger charge is -2.06. The monoisotopic (exact) mass is 188 g/mol. The molecular weight excluding hydrogens is 176 g/mol. The zero-order valence-corrected chi connectivity index (χ0v) is 7.77. The van der Waals surface area contributed by atoms with Crippen LogP contribution in [0.25, 0.3) is 10.8 Å². The molecule has 0 heterocycles. The highest BCUT2D eigenvalue weighted by atomic mass is 16.3. The Morgan fingerprint density at radius 2 is 1.64 bits per heavy atom. The maximum Gasteiger partial charge on any atom is 0.123 e. The molecular formula is C12H12O2. The Bertz CT molecular complexity index is 449. The summed E-state index contributed by atoms with van der Waals surface area (Å²) in [7, 11) is 0. The molecule has 2 rings (SSSR count). The van der Waals surface area contributed by atoms with Crippen molar-refractivity contribution < 1.29 is 10.2 Å². The first kappa shape index (κ1) is 9.03. The van der Waals surface area contributed by atoms with E-state index in [1.807, 2.05) is 30.3 Å². The lowest BCUT2D eigenvalue weighted by molar-refractivity contribution is 0.300. The molecule has 0 spiro atoms. The van der Waals surface area contributed by atoms with E-state index in [0.29, 0.717) is 12.2 Å². The average molecular weight is 188 g/mol. The third-order valence-corrected chi connectivity index (χ3v) is 2.37. The molecule has 0 bridgehead atoms. The summed E-state index contributed by atoms with van der Waals surface area (Å²) in [5.41, 5.74) is 1.07. The molecule has 14 heavy (non-hydrogen) atoms.